The van der Waals surface area contributed by atoms with Gasteiger partial charge in [-0.25, -0.2) is 4.39 Å². The molecule has 10 heteroatoms. The molecule has 2 saturated heterocycles. The van der Waals surface area contributed by atoms with Crippen molar-refractivity contribution in [3.8, 4) is 11.1 Å². The van der Waals surface area contributed by atoms with Crippen LogP contribution in [0.3, 0.4) is 0 Å². The molecule has 5 rings (SSSR count). The molecule has 200 valence electrons. The molecule has 0 bridgehead atoms. The lowest BCUT2D eigenvalue weighted by Gasteiger charge is -2.30. The number of nitrogens with two attached hydrogens (primary N) is 1. The summed E-state index contributed by atoms with van der Waals surface area (Å²) < 4.78 is 31.6. The Morgan fingerprint density at radius 3 is 2.24 bits per heavy atom. The summed E-state index contributed by atoms with van der Waals surface area (Å²) in [5.41, 5.74) is 8.51. The van der Waals surface area contributed by atoms with E-state index < -0.39 is 5.41 Å². The number of hydrogen-bond donors (Lipinski definition) is 1. The van der Waals surface area contributed by atoms with Gasteiger partial charge in [-0.2, -0.15) is 9.98 Å². The van der Waals surface area contributed by atoms with E-state index in [4.69, 9.17) is 19.7 Å². The predicted molar refractivity (Wildman–Crippen MR) is 144 cm³/mol. The highest BCUT2D eigenvalue weighted by molar-refractivity contribution is 5.95. The maximum atomic E-state index is 15.1. The molecule has 0 spiro atoms. The maximum Gasteiger partial charge on any atom is 0.253 e. The number of aromatic nitrogens is 1. The van der Waals surface area contributed by atoms with E-state index in [1.165, 1.54) is 0 Å². The molecule has 0 unspecified atom stereocenters. The summed E-state index contributed by atoms with van der Waals surface area (Å²) in [6, 6.07) is 16.6. The Bertz CT molecular complexity index is 1290. The predicted octanol–water partition coefficient (Wildman–Crippen LogP) is 3.77. The van der Waals surface area contributed by atoms with Crippen molar-refractivity contribution in [2.24, 2.45) is 15.7 Å². The van der Waals surface area contributed by atoms with Gasteiger partial charge in [-0.05, 0) is 17.2 Å². The lowest BCUT2D eigenvalue weighted by atomic mass is 9.81. The Morgan fingerprint density at radius 2 is 1.58 bits per heavy atom. The Kier molecular flexibility index (Phi) is 7.71. The third kappa shape index (κ3) is 5.71. The van der Waals surface area contributed by atoms with Gasteiger partial charge >= 0.3 is 0 Å². The number of hydrogen-bond acceptors (Lipinski definition) is 5. The first-order chi connectivity index (χ1) is 18.4. The van der Waals surface area contributed by atoms with Crippen molar-refractivity contribution in [1.29, 1.82) is 0 Å². The molecule has 38 heavy (non-hydrogen) atoms. The summed E-state index contributed by atoms with van der Waals surface area (Å²) in [7, 11) is 0. The number of ether oxygens (including phenoxy) is 2. The maximum absolute atomic E-state index is 15.1. The molecule has 3 heterocycles. The van der Waals surface area contributed by atoms with E-state index in [1.54, 1.807) is 18.2 Å². The topological polar surface area (TPSA) is 102 Å². The number of rotatable bonds is 4. The molecule has 0 amide bonds. The van der Waals surface area contributed by atoms with Crippen LogP contribution in [0.4, 0.5) is 10.3 Å². The van der Waals surface area contributed by atoms with Gasteiger partial charge < -0.3 is 29.5 Å². The van der Waals surface area contributed by atoms with E-state index in [-0.39, 0.29) is 5.82 Å². The van der Waals surface area contributed by atoms with Crippen LogP contribution in [0.15, 0.2) is 69.1 Å². The van der Waals surface area contributed by atoms with Crippen molar-refractivity contribution < 1.29 is 18.4 Å². The van der Waals surface area contributed by atoms with Crippen LogP contribution < -0.4 is 5.73 Å². The van der Waals surface area contributed by atoms with Gasteiger partial charge in [0.15, 0.2) is 5.96 Å². The standard InChI is InChI=1S/C28H33FN6O3/c1-28(2,21-8-9-22(23(29)18-21)20-6-4-3-5-7-20)24-19-25(38-33-24)31-27(35-12-16-37-17-13-35)32-26(30)34-10-14-36-15-11-34/h3-9,18-19H,10-17H2,1-2H3,(H2,30,31,32). The number of morpholine rings is 2. The van der Waals surface area contributed by atoms with Crippen LogP contribution in [0.5, 0.6) is 0 Å². The van der Waals surface area contributed by atoms with Gasteiger partial charge in [-0.1, -0.05) is 61.5 Å². The quantitative estimate of drug-likeness (QED) is 0.413. The molecule has 0 radical (unpaired) electrons. The van der Waals surface area contributed by atoms with Crippen LogP contribution in [0.25, 0.3) is 11.1 Å². The molecule has 2 aliphatic heterocycles. The van der Waals surface area contributed by atoms with Gasteiger partial charge in [0.1, 0.15) is 5.82 Å². The van der Waals surface area contributed by atoms with Gasteiger partial charge in [-0.15, -0.1) is 0 Å². The summed E-state index contributed by atoms with van der Waals surface area (Å²) in [5, 5.41) is 4.29. The zero-order chi connectivity index (χ0) is 26.5. The summed E-state index contributed by atoms with van der Waals surface area (Å²) in [5.74, 6) is 0.837. The molecule has 0 atom stereocenters. The molecule has 2 aromatic carbocycles. The number of nitrogens with zero attached hydrogens (tertiary/aromatic N) is 5. The number of guanidine groups is 2. The third-order valence-electron chi connectivity index (χ3n) is 6.97. The molecule has 0 aliphatic carbocycles. The monoisotopic (exact) mass is 520 g/mol. The van der Waals surface area contributed by atoms with Crippen molar-refractivity contribution in [2.45, 2.75) is 19.3 Å². The summed E-state index contributed by atoms with van der Waals surface area (Å²) in [6.45, 7) is 8.94. The average molecular weight is 521 g/mol. The van der Waals surface area contributed by atoms with Gasteiger partial charge in [0.2, 0.25) is 5.96 Å². The Hall–Kier alpha value is -3.76. The van der Waals surface area contributed by atoms with Crippen molar-refractivity contribution in [2.75, 3.05) is 52.6 Å². The van der Waals surface area contributed by atoms with Gasteiger partial charge in [0, 0.05) is 43.2 Å². The van der Waals surface area contributed by atoms with Gasteiger partial charge in [-0.3, -0.25) is 0 Å². The van der Waals surface area contributed by atoms with E-state index in [0.29, 0.717) is 81.7 Å². The Morgan fingerprint density at radius 1 is 0.921 bits per heavy atom. The third-order valence-corrected chi connectivity index (χ3v) is 6.97. The lowest BCUT2D eigenvalue weighted by Crippen LogP contribution is -2.47. The molecule has 9 nitrogen and oxygen atoms in total. The fraction of sp³-hybridized carbons (Fsp3) is 0.393. The average Bonchev–Trinajstić information content (AvgIpc) is 3.43. The van der Waals surface area contributed by atoms with E-state index >= 15 is 4.39 Å². The first-order valence-electron chi connectivity index (χ1n) is 12.8. The summed E-state index contributed by atoms with van der Waals surface area (Å²) in [6.07, 6.45) is 0. The van der Waals surface area contributed by atoms with E-state index in [0.717, 1.165) is 11.1 Å². The Balaban J connectivity index is 1.42. The first-order valence-corrected chi connectivity index (χ1v) is 12.8. The van der Waals surface area contributed by atoms with Crippen molar-refractivity contribution in [1.82, 2.24) is 15.0 Å². The molecule has 2 N–H and O–H groups in total. The molecular weight excluding hydrogens is 487 g/mol. The SMILES string of the molecule is CC(C)(c1ccc(-c2ccccc2)c(F)c1)c1cc(/N=C(\N=C(/N)N2CCOCC2)N2CCOCC2)on1. The van der Waals surface area contributed by atoms with Crippen molar-refractivity contribution in [3.63, 3.8) is 0 Å². The van der Waals surface area contributed by atoms with E-state index in [2.05, 4.69) is 15.1 Å². The minimum Gasteiger partial charge on any atom is -0.378 e. The molecule has 3 aromatic rings. The van der Waals surface area contributed by atoms with Gasteiger partial charge in [0.25, 0.3) is 5.88 Å². The molecule has 0 saturated carbocycles. The Labute approximate surface area is 221 Å². The highest BCUT2D eigenvalue weighted by Gasteiger charge is 2.29. The minimum atomic E-state index is -0.622. The fourth-order valence-corrected chi connectivity index (χ4v) is 4.51. The smallest absolute Gasteiger partial charge is 0.253 e. The normalized spacial score (nSPS) is 17.7. The molecule has 2 aliphatic rings. The fourth-order valence-electron chi connectivity index (χ4n) is 4.51. The lowest BCUT2D eigenvalue weighted by molar-refractivity contribution is 0.0657. The van der Waals surface area contributed by atoms with Crippen LogP contribution >= 0.6 is 0 Å². The van der Waals surface area contributed by atoms with Gasteiger partial charge in [0.05, 0.1) is 32.1 Å². The van der Waals surface area contributed by atoms with E-state index in [1.807, 2.05) is 60.0 Å². The highest BCUT2D eigenvalue weighted by Crippen LogP contribution is 2.35. The van der Waals surface area contributed by atoms with Crippen LogP contribution in [0, 0.1) is 5.82 Å². The summed E-state index contributed by atoms with van der Waals surface area (Å²) >= 11 is 0. The molecular formula is C28H33FN6O3. The second-order valence-electron chi connectivity index (χ2n) is 9.82. The second-order valence-corrected chi connectivity index (χ2v) is 9.82. The second kappa shape index (κ2) is 11.3. The largest absolute Gasteiger partial charge is 0.378 e. The first kappa shape index (κ1) is 25.9. The van der Waals surface area contributed by atoms with Crippen molar-refractivity contribution >= 4 is 17.8 Å². The molecule has 2 fully saturated rings. The van der Waals surface area contributed by atoms with Crippen LogP contribution in [-0.4, -0.2) is 79.5 Å². The molecule has 1 aromatic heterocycles. The van der Waals surface area contributed by atoms with Crippen LogP contribution in [0.1, 0.15) is 25.1 Å². The van der Waals surface area contributed by atoms with Crippen molar-refractivity contribution in [3.05, 3.63) is 71.7 Å². The number of aliphatic imine (C=N–C) groups is 2. The zero-order valence-electron chi connectivity index (χ0n) is 21.8. The number of halogens is 1. The van der Waals surface area contributed by atoms with Crippen LogP contribution in [0.2, 0.25) is 0 Å². The van der Waals surface area contributed by atoms with E-state index in [9.17, 15) is 0 Å². The highest BCUT2D eigenvalue weighted by atomic mass is 19.1. The van der Waals surface area contributed by atoms with Crippen LogP contribution in [-0.2, 0) is 14.9 Å². The summed E-state index contributed by atoms with van der Waals surface area (Å²) in [4.78, 5) is 13.3. The minimum absolute atomic E-state index is 0.286. The zero-order valence-corrected chi connectivity index (χ0v) is 21.8. The number of benzene rings is 2.